The van der Waals surface area contributed by atoms with E-state index in [0.29, 0.717) is 16.8 Å². The van der Waals surface area contributed by atoms with E-state index in [1.54, 1.807) is 39.2 Å². The normalized spacial score (nSPS) is 26.6. The van der Waals surface area contributed by atoms with E-state index in [9.17, 15) is 34.8 Å². The van der Waals surface area contributed by atoms with E-state index in [2.05, 4.69) is 5.32 Å². The molecule has 9 N–H and O–H groups in total. The number of carbonyl (C=O) groups is 3. The Morgan fingerprint density at radius 1 is 1.18 bits per heavy atom. The van der Waals surface area contributed by atoms with Gasteiger partial charge in [-0.25, -0.2) is 0 Å². The van der Waals surface area contributed by atoms with E-state index >= 15 is 0 Å². The number of fused-ring (bicyclic) bond motifs is 3. The van der Waals surface area contributed by atoms with Crippen molar-refractivity contribution in [2.75, 3.05) is 33.1 Å². The minimum atomic E-state index is -2.69. The molecule has 0 radical (unpaired) electrons. The van der Waals surface area contributed by atoms with E-state index in [0.717, 1.165) is 0 Å². The number of rotatable bonds is 5. The summed E-state index contributed by atoms with van der Waals surface area (Å²) in [5, 5.41) is 47.9. The van der Waals surface area contributed by atoms with Crippen LogP contribution in [0, 0.1) is 11.8 Å². The van der Waals surface area contributed by atoms with E-state index in [1.165, 1.54) is 4.90 Å². The number of aliphatic hydroxyl groups is 3. The second-order valence-corrected chi connectivity index (χ2v) is 10.8. The molecule has 0 heterocycles. The second-order valence-electron chi connectivity index (χ2n) is 10.3. The lowest BCUT2D eigenvalue weighted by Gasteiger charge is -2.50. The van der Waals surface area contributed by atoms with E-state index in [1.807, 2.05) is 0 Å². The van der Waals surface area contributed by atoms with Crippen LogP contribution in [0.25, 0.3) is 5.76 Å². The fourth-order valence-corrected chi connectivity index (χ4v) is 6.13. The van der Waals surface area contributed by atoms with E-state index in [4.69, 9.17) is 23.7 Å². The van der Waals surface area contributed by atoms with Crippen LogP contribution in [0.4, 0.5) is 5.69 Å². The molecular weight excluding hydrogens is 514 g/mol. The van der Waals surface area contributed by atoms with Crippen molar-refractivity contribution < 1.29 is 34.8 Å². The number of carbonyl (C=O) groups excluding carboxylic acids is 3. The average Bonchev–Trinajstić information content (AvgIpc) is 2.80. The predicted molar refractivity (Wildman–Crippen MR) is 142 cm³/mol. The van der Waals surface area contributed by atoms with Crippen molar-refractivity contribution in [2.24, 2.45) is 23.3 Å². The van der Waals surface area contributed by atoms with Crippen LogP contribution in [0.2, 0.25) is 0 Å². The number of aliphatic hydroxyl groups excluding tert-OH is 2. The fourth-order valence-electron chi connectivity index (χ4n) is 6.06. The number of hydrogen-bond donors (Lipinski definition) is 7. The number of likely N-dealkylation sites (N-methyl/N-ethyl adjacent to an activating group) is 1. The third-order valence-corrected chi connectivity index (χ3v) is 7.86. The second kappa shape index (κ2) is 9.26. The van der Waals surface area contributed by atoms with Crippen LogP contribution in [-0.4, -0.2) is 87.7 Å². The molecule has 0 bridgehead atoms. The molecule has 0 aliphatic heterocycles. The van der Waals surface area contributed by atoms with E-state index < -0.39 is 58.0 Å². The molecule has 0 aromatic heterocycles. The summed E-state index contributed by atoms with van der Waals surface area (Å²) in [7, 11) is 6.68. The van der Waals surface area contributed by atoms with Crippen molar-refractivity contribution in [2.45, 2.75) is 31.0 Å². The molecule has 3 aliphatic carbocycles. The van der Waals surface area contributed by atoms with Gasteiger partial charge in [-0.15, -0.1) is 0 Å². The number of ketones is 2. The van der Waals surface area contributed by atoms with Crippen LogP contribution in [0.15, 0.2) is 23.0 Å². The first-order valence-electron chi connectivity index (χ1n) is 11.9. The number of phenols is 1. The van der Waals surface area contributed by atoms with Crippen LogP contribution in [0.5, 0.6) is 5.75 Å². The lowest BCUT2D eigenvalue weighted by molar-refractivity contribution is -0.153. The Morgan fingerprint density at radius 3 is 2.34 bits per heavy atom. The summed E-state index contributed by atoms with van der Waals surface area (Å²) in [6.07, 6.45) is 0.211. The van der Waals surface area contributed by atoms with Gasteiger partial charge in [0.25, 0.3) is 5.91 Å². The molecule has 4 atom stereocenters. The van der Waals surface area contributed by atoms with Gasteiger partial charge >= 0.3 is 0 Å². The molecule has 1 aromatic carbocycles. The fraction of sp³-hybridized carbons (Fsp3) is 0.440. The molecule has 1 aromatic rings. The molecule has 38 heavy (non-hydrogen) atoms. The van der Waals surface area contributed by atoms with Crippen molar-refractivity contribution in [3.63, 3.8) is 0 Å². The third kappa shape index (κ3) is 3.80. The zero-order valence-corrected chi connectivity index (χ0v) is 22.2. The van der Waals surface area contributed by atoms with Crippen molar-refractivity contribution in [3.8, 4) is 5.75 Å². The highest BCUT2D eigenvalue weighted by molar-refractivity contribution is 7.80. The molecule has 0 saturated heterocycles. The Hall–Kier alpha value is -3.68. The summed E-state index contributed by atoms with van der Waals surface area (Å²) < 4.78 is 0. The number of nitrogens with two attached hydrogens (primary N) is 2. The van der Waals surface area contributed by atoms with Crippen molar-refractivity contribution in [1.29, 1.82) is 0 Å². The standard InChI is InChI=1S/C25H31N5O7S/c1-29(2)13-7-10(8-28-24(27)38)18(31)15-11(13)5-9-6-12-17(30(3)4)20(33)16(23(26)36)22(35)25(12,37)21(34)14(9)19(15)32/h7,9,12,17,31-32,35,37H,5-6,8H2,1-4H3,(H2,26,36)(H3,27,28,38)/t9-,12-,17-,25-/m0/s1. The van der Waals surface area contributed by atoms with Gasteiger partial charge in [0.05, 0.1) is 11.6 Å². The Bertz CT molecular complexity index is 1350. The SMILES string of the molecule is CN(C)c1cc(CNC(N)=S)c(O)c2c1C[C@H]1C[C@H]3[C@H](N(C)C)C(=O)C(C(N)=O)=C(O)[C@@]3(O)C(=O)C1=C2O. The van der Waals surface area contributed by atoms with Gasteiger partial charge in [-0.1, -0.05) is 0 Å². The highest BCUT2D eigenvalue weighted by Crippen LogP contribution is 2.54. The van der Waals surface area contributed by atoms with Crippen LogP contribution in [-0.2, 0) is 27.3 Å². The summed E-state index contributed by atoms with van der Waals surface area (Å²) in [5.74, 6) is -6.91. The van der Waals surface area contributed by atoms with Gasteiger partial charge in [0.1, 0.15) is 22.8 Å². The van der Waals surface area contributed by atoms with Crippen LogP contribution >= 0.6 is 12.2 Å². The number of nitrogens with one attached hydrogen (secondary N) is 1. The summed E-state index contributed by atoms with van der Waals surface area (Å²) in [4.78, 5) is 42.5. The number of primary amides is 1. The number of hydrogen-bond acceptors (Lipinski definition) is 10. The Morgan fingerprint density at radius 2 is 1.82 bits per heavy atom. The smallest absolute Gasteiger partial charge is 0.255 e. The van der Waals surface area contributed by atoms with Gasteiger partial charge in [-0.3, -0.25) is 19.3 Å². The van der Waals surface area contributed by atoms with Gasteiger partial charge in [-0.05, 0) is 56.7 Å². The zero-order valence-electron chi connectivity index (χ0n) is 21.4. The maximum absolute atomic E-state index is 13.9. The predicted octanol–water partition coefficient (Wildman–Crippen LogP) is -0.637. The summed E-state index contributed by atoms with van der Waals surface area (Å²) in [6.45, 7) is 0.0411. The molecule has 1 saturated carbocycles. The van der Waals surface area contributed by atoms with E-state index in [-0.39, 0.29) is 41.4 Å². The summed E-state index contributed by atoms with van der Waals surface area (Å²) >= 11 is 4.85. The molecule has 0 unspecified atom stereocenters. The molecule has 13 heteroatoms. The monoisotopic (exact) mass is 545 g/mol. The van der Waals surface area contributed by atoms with Gasteiger partial charge in [-0.2, -0.15) is 0 Å². The number of amides is 1. The molecule has 12 nitrogen and oxygen atoms in total. The van der Waals surface area contributed by atoms with Gasteiger partial charge in [0.15, 0.2) is 16.5 Å². The van der Waals surface area contributed by atoms with Crippen molar-refractivity contribution in [1.82, 2.24) is 10.2 Å². The van der Waals surface area contributed by atoms with Crippen molar-refractivity contribution >= 4 is 46.3 Å². The van der Waals surface area contributed by atoms with Crippen molar-refractivity contribution in [3.05, 3.63) is 39.7 Å². The number of phenolic OH excluding ortho intramolecular Hbond substituents is 1. The molecule has 4 rings (SSSR count). The molecular formula is C25H31N5O7S. The Labute approximate surface area is 224 Å². The lowest BCUT2D eigenvalue weighted by Crippen LogP contribution is -2.65. The van der Waals surface area contributed by atoms with Crippen LogP contribution in [0.1, 0.15) is 23.1 Å². The minimum absolute atomic E-state index is 0.00157. The summed E-state index contributed by atoms with van der Waals surface area (Å²) in [5.41, 5.74) is 8.72. The average molecular weight is 546 g/mol. The molecule has 204 valence electrons. The number of nitrogens with zero attached hydrogens (tertiary/aromatic N) is 2. The maximum Gasteiger partial charge on any atom is 0.255 e. The highest BCUT2D eigenvalue weighted by Gasteiger charge is 2.64. The third-order valence-electron chi connectivity index (χ3n) is 7.71. The largest absolute Gasteiger partial charge is 0.508 e. The summed E-state index contributed by atoms with van der Waals surface area (Å²) in [6, 6.07) is 0.585. The number of aromatic hydroxyl groups is 1. The topological polar surface area (TPSA) is 203 Å². The van der Waals surface area contributed by atoms with Gasteiger partial charge in [0, 0.05) is 43.4 Å². The maximum atomic E-state index is 13.9. The first-order chi connectivity index (χ1) is 17.6. The quantitative estimate of drug-likeness (QED) is 0.182. The number of anilines is 1. The van der Waals surface area contributed by atoms with Crippen LogP contribution < -0.4 is 21.7 Å². The Kier molecular flexibility index (Phi) is 6.66. The Balaban J connectivity index is 1.97. The number of Topliss-reactive ketones (excluding diaryl/α,β-unsaturated/α-hetero) is 2. The highest BCUT2D eigenvalue weighted by atomic mass is 32.1. The zero-order chi connectivity index (χ0) is 28.4. The van der Waals surface area contributed by atoms with Crippen LogP contribution in [0.3, 0.4) is 0 Å². The minimum Gasteiger partial charge on any atom is -0.508 e. The first kappa shape index (κ1) is 27.4. The number of benzene rings is 1. The van der Waals surface area contributed by atoms with Gasteiger partial charge in [0.2, 0.25) is 5.78 Å². The molecule has 3 aliphatic rings. The van der Waals surface area contributed by atoms with Gasteiger partial charge < -0.3 is 42.1 Å². The molecule has 1 amide bonds. The molecule has 1 fully saturated rings. The first-order valence-corrected chi connectivity index (χ1v) is 12.3. The molecule has 0 spiro atoms. The number of thiocarbonyl (C=S) groups is 1. The lowest BCUT2D eigenvalue weighted by atomic mass is 9.57.